The first-order valence-corrected chi connectivity index (χ1v) is 5.78. The van der Waals surface area contributed by atoms with Gasteiger partial charge in [0.25, 0.3) is 0 Å². The molecule has 0 fully saturated rings. The maximum Gasteiger partial charge on any atom is 0.149 e. The number of hydrogen-bond acceptors (Lipinski definition) is 3. The minimum Gasteiger partial charge on any atom is -0.394 e. The summed E-state index contributed by atoms with van der Waals surface area (Å²) in [6.07, 6.45) is 1.49. The Morgan fingerprint density at radius 1 is 1.37 bits per heavy atom. The molecular weight excluding hydrogens is 290 g/mol. The average molecular weight is 303 g/mol. The van der Waals surface area contributed by atoms with Gasteiger partial charge in [-0.05, 0) is 29.8 Å². The third-order valence-corrected chi connectivity index (χ3v) is 2.96. The first kappa shape index (κ1) is 15.9. The number of pyridine rings is 1. The van der Waals surface area contributed by atoms with Gasteiger partial charge in [0.05, 0.1) is 17.7 Å². The molecule has 0 saturated heterocycles. The molecule has 0 aliphatic carbocycles. The van der Waals surface area contributed by atoms with Crippen LogP contribution in [0.15, 0.2) is 36.5 Å². The maximum absolute atomic E-state index is 13.7. The molecule has 19 heavy (non-hydrogen) atoms. The van der Waals surface area contributed by atoms with E-state index in [4.69, 9.17) is 22.4 Å². The second kappa shape index (κ2) is 6.82. The number of benzene rings is 1. The number of halogens is 3. The normalized spacial score (nSPS) is 11.8. The molecule has 0 aliphatic rings. The Morgan fingerprint density at radius 2 is 2.11 bits per heavy atom. The predicted molar refractivity (Wildman–Crippen MR) is 75.9 cm³/mol. The number of aromatic nitrogens is 1. The van der Waals surface area contributed by atoms with Crippen LogP contribution in [-0.2, 0) is 0 Å². The fourth-order valence-corrected chi connectivity index (χ4v) is 1.85. The van der Waals surface area contributed by atoms with Crippen molar-refractivity contribution in [2.45, 2.75) is 6.04 Å². The highest BCUT2D eigenvalue weighted by Gasteiger charge is 2.13. The quantitative estimate of drug-likeness (QED) is 0.916. The SMILES string of the molecule is Cl.NC(CO)c1ccc(Cl)c(-c2ncccc2F)c1. The molecule has 6 heteroatoms. The van der Waals surface area contributed by atoms with Crippen LogP contribution in [0.4, 0.5) is 4.39 Å². The van der Waals surface area contributed by atoms with Gasteiger partial charge in [-0.2, -0.15) is 0 Å². The summed E-state index contributed by atoms with van der Waals surface area (Å²) >= 11 is 6.04. The minimum atomic E-state index is -0.521. The van der Waals surface area contributed by atoms with Crippen molar-refractivity contribution in [1.29, 1.82) is 0 Å². The van der Waals surface area contributed by atoms with Crippen LogP contribution in [-0.4, -0.2) is 16.7 Å². The summed E-state index contributed by atoms with van der Waals surface area (Å²) in [5, 5.41) is 9.42. The second-order valence-electron chi connectivity index (χ2n) is 3.86. The minimum absolute atomic E-state index is 0. The molecule has 1 unspecified atom stereocenters. The standard InChI is InChI=1S/C13H12ClFN2O.ClH/c14-10-4-3-8(12(16)7-18)6-9(10)13-11(15)2-1-5-17-13;/h1-6,12,18H,7,16H2;1H. The zero-order chi connectivity index (χ0) is 13.1. The van der Waals surface area contributed by atoms with Crippen molar-refractivity contribution < 1.29 is 9.50 Å². The highest BCUT2D eigenvalue weighted by atomic mass is 35.5. The van der Waals surface area contributed by atoms with Crippen LogP contribution >= 0.6 is 24.0 Å². The summed E-state index contributed by atoms with van der Waals surface area (Å²) in [6, 6.07) is 7.28. The van der Waals surface area contributed by atoms with E-state index in [0.29, 0.717) is 16.1 Å². The maximum atomic E-state index is 13.7. The van der Waals surface area contributed by atoms with Crippen molar-refractivity contribution in [3.05, 3.63) is 52.9 Å². The smallest absolute Gasteiger partial charge is 0.149 e. The van der Waals surface area contributed by atoms with E-state index in [0.717, 1.165) is 0 Å². The largest absolute Gasteiger partial charge is 0.394 e. The fraction of sp³-hybridized carbons (Fsp3) is 0.154. The molecule has 0 bridgehead atoms. The van der Waals surface area contributed by atoms with Gasteiger partial charge in [0.1, 0.15) is 11.5 Å². The first-order chi connectivity index (χ1) is 8.63. The number of nitrogens with zero attached hydrogens (tertiary/aromatic N) is 1. The second-order valence-corrected chi connectivity index (χ2v) is 4.27. The molecular formula is C13H13Cl2FN2O. The molecule has 1 atom stereocenters. The predicted octanol–water partition coefficient (Wildman–Crippen LogP) is 2.96. The van der Waals surface area contributed by atoms with Crippen LogP contribution in [0.2, 0.25) is 5.02 Å². The lowest BCUT2D eigenvalue weighted by molar-refractivity contribution is 0.268. The van der Waals surface area contributed by atoms with Gasteiger partial charge in [0.15, 0.2) is 0 Å². The van der Waals surface area contributed by atoms with Gasteiger partial charge in [0, 0.05) is 11.8 Å². The van der Waals surface area contributed by atoms with E-state index in [1.54, 1.807) is 18.2 Å². The number of aliphatic hydroxyl groups excluding tert-OH is 1. The Kier molecular flexibility index (Phi) is 5.69. The monoisotopic (exact) mass is 302 g/mol. The summed E-state index contributed by atoms with van der Waals surface area (Å²) in [6.45, 7) is -0.189. The van der Waals surface area contributed by atoms with E-state index in [-0.39, 0.29) is 24.7 Å². The van der Waals surface area contributed by atoms with E-state index in [1.165, 1.54) is 18.3 Å². The third kappa shape index (κ3) is 3.42. The van der Waals surface area contributed by atoms with Crippen molar-refractivity contribution in [3.63, 3.8) is 0 Å². The van der Waals surface area contributed by atoms with Crippen molar-refractivity contribution in [2.75, 3.05) is 6.61 Å². The van der Waals surface area contributed by atoms with Gasteiger partial charge in [-0.1, -0.05) is 17.7 Å². The summed E-state index contributed by atoms with van der Waals surface area (Å²) < 4.78 is 13.7. The third-order valence-electron chi connectivity index (χ3n) is 2.63. The zero-order valence-electron chi connectivity index (χ0n) is 9.88. The Hall–Kier alpha value is -1.20. The van der Waals surface area contributed by atoms with E-state index in [9.17, 15) is 4.39 Å². The van der Waals surface area contributed by atoms with E-state index in [1.807, 2.05) is 0 Å². The van der Waals surface area contributed by atoms with Crippen LogP contribution in [0.3, 0.4) is 0 Å². The van der Waals surface area contributed by atoms with E-state index in [2.05, 4.69) is 4.98 Å². The summed E-state index contributed by atoms with van der Waals surface area (Å²) in [5.41, 5.74) is 7.05. The molecule has 1 heterocycles. The van der Waals surface area contributed by atoms with Gasteiger partial charge in [-0.3, -0.25) is 4.98 Å². The van der Waals surface area contributed by atoms with Crippen LogP contribution < -0.4 is 5.73 Å². The average Bonchev–Trinajstić information content (AvgIpc) is 2.39. The Balaban J connectivity index is 0.00000180. The molecule has 2 rings (SSSR count). The molecule has 1 aromatic heterocycles. The van der Waals surface area contributed by atoms with E-state index < -0.39 is 11.9 Å². The zero-order valence-corrected chi connectivity index (χ0v) is 11.5. The summed E-state index contributed by atoms with van der Waals surface area (Å²) in [5.74, 6) is -0.450. The molecule has 0 radical (unpaired) electrons. The van der Waals surface area contributed by atoms with Crippen LogP contribution in [0.5, 0.6) is 0 Å². The number of aliphatic hydroxyl groups is 1. The Bertz CT molecular complexity index is 566. The summed E-state index contributed by atoms with van der Waals surface area (Å²) in [4.78, 5) is 3.97. The number of nitrogens with two attached hydrogens (primary N) is 1. The molecule has 0 spiro atoms. The lowest BCUT2D eigenvalue weighted by atomic mass is 10.0. The highest BCUT2D eigenvalue weighted by molar-refractivity contribution is 6.33. The summed E-state index contributed by atoms with van der Waals surface area (Å²) in [7, 11) is 0. The highest BCUT2D eigenvalue weighted by Crippen LogP contribution is 2.30. The van der Waals surface area contributed by atoms with Crippen LogP contribution in [0.1, 0.15) is 11.6 Å². The molecule has 3 nitrogen and oxygen atoms in total. The molecule has 0 saturated carbocycles. The van der Waals surface area contributed by atoms with Gasteiger partial charge >= 0.3 is 0 Å². The van der Waals surface area contributed by atoms with Crippen molar-refractivity contribution in [2.24, 2.45) is 5.73 Å². The Morgan fingerprint density at radius 3 is 2.74 bits per heavy atom. The lowest BCUT2D eigenvalue weighted by Crippen LogP contribution is -2.14. The molecule has 0 amide bonds. The van der Waals surface area contributed by atoms with Gasteiger partial charge in [-0.15, -0.1) is 12.4 Å². The van der Waals surface area contributed by atoms with Crippen molar-refractivity contribution in [3.8, 4) is 11.3 Å². The molecule has 0 aliphatic heterocycles. The Labute approximate surface area is 121 Å². The number of rotatable bonds is 3. The van der Waals surface area contributed by atoms with Gasteiger partial charge in [-0.25, -0.2) is 4.39 Å². The molecule has 1 aromatic carbocycles. The van der Waals surface area contributed by atoms with Crippen LogP contribution in [0.25, 0.3) is 11.3 Å². The lowest BCUT2D eigenvalue weighted by Gasteiger charge is -2.12. The number of hydrogen-bond donors (Lipinski definition) is 2. The molecule has 102 valence electrons. The fourth-order valence-electron chi connectivity index (χ4n) is 1.64. The van der Waals surface area contributed by atoms with Crippen LogP contribution in [0, 0.1) is 5.82 Å². The van der Waals surface area contributed by atoms with Crippen molar-refractivity contribution in [1.82, 2.24) is 4.98 Å². The van der Waals surface area contributed by atoms with Crippen molar-refractivity contribution >= 4 is 24.0 Å². The van der Waals surface area contributed by atoms with Gasteiger partial charge in [0.2, 0.25) is 0 Å². The topological polar surface area (TPSA) is 59.1 Å². The molecule has 2 aromatic rings. The van der Waals surface area contributed by atoms with E-state index >= 15 is 0 Å². The first-order valence-electron chi connectivity index (χ1n) is 5.40. The molecule has 3 N–H and O–H groups in total. The van der Waals surface area contributed by atoms with Gasteiger partial charge < -0.3 is 10.8 Å².